The Morgan fingerprint density at radius 3 is 2.33 bits per heavy atom. The first-order valence-electron chi connectivity index (χ1n) is 10.5. The topological polar surface area (TPSA) is 94.9 Å². The molecule has 3 rings (SSSR count). The van der Waals surface area contributed by atoms with E-state index >= 15 is 0 Å². The van der Waals surface area contributed by atoms with E-state index in [1.54, 1.807) is 0 Å². The highest BCUT2D eigenvalue weighted by atomic mass is 16.4. The molecule has 1 aromatic rings. The van der Waals surface area contributed by atoms with Gasteiger partial charge in [0, 0.05) is 37.2 Å². The van der Waals surface area contributed by atoms with Crippen molar-refractivity contribution in [2.24, 2.45) is 5.41 Å². The van der Waals surface area contributed by atoms with Gasteiger partial charge in [0.25, 0.3) is 0 Å². The molecule has 1 unspecified atom stereocenters. The number of benzene rings is 1. The van der Waals surface area contributed by atoms with E-state index in [0.29, 0.717) is 18.6 Å². The molecule has 1 aliphatic heterocycles. The van der Waals surface area contributed by atoms with Gasteiger partial charge >= 0.3 is 11.9 Å². The maximum absolute atomic E-state index is 11.6. The maximum atomic E-state index is 11.6. The number of para-hydroxylation sites is 1. The zero-order valence-electron chi connectivity index (χ0n) is 17.8. The minimum absolute atomic E-state index is 0.0359. The van der Waals surface area contributed by atoms with Crippen LogP contribution in [-0.2, 0) is 20.8 Å². The number of carboxylic acid groups (broad SMARTS) is 2. The predicted molar refractivity (Wildman–Crippen MR) is 117 cm³/mol. The van der Waals surface area contributed by atoms with Crippen LogP contribution >= 0.6 is 0 Å². The first-order valence-corrected chi connectivity index (χ1v) is 10.5. The molecule has 0 amide bonds. The van der Waals surface area contributed by atoms with Crippen molar-refractivity contribution in [1.82, 2.24) is 0 Å². The Morgan fingerprint density at radius 1 is 1.07 bits per heavy atom. The SMILES string of the molecule is CC1(C(=O)O)C=CC=C(C(=O)O)C1.CCC(=O)Cc1ccccc1N1CCCCC1. The van der Waals surface area contributed by atoms with Crippen molar-refractivity contribution in [3.63, 3.8) is 0 Å². The van der Waals surface area contributed by atoms with Gasteiger partial charge in [0.05, 0.1) is 5.41 Å². The molecule has 2 aliphatic rings. The van der Waals surface area contributed by atoms with Gasteiger partial charge in [0.2, 0.25) is 0 Å². The number of carbonyl (C=O) groups is 3. The zero-order chi connectivity index (χ0) is 22.1. The molecular weight excluding hydrogens is 382 g/mol. The van der Waals surface area contributed by atoms with Gasteiger partial charge < -0.3 is 15.1 Å². The Hall–Kier alpha value is -2.89. The summed E-state index contributed by atoms with van der Waals surface area (Å²) in [5.74, 6) is -1.73. The van der Waals surface area contributed by atoms with E-state index in [0.717, 1.165) is 13.1 Å². The van der Waals surface area contributed by atoms with Crippen LogP contribution in [-0.4, -0.2) is 41.0 Å². The third-order valence-corrected chi connectivity index (χ3v) is 5.55. The van der Waals surface area contributed by atoms with Gasteiger partial charge in [0.15, 0.2) is 0 Å². The number of hydrogen-bond acceptors (Lipinski definition) is 4. The van der Waals surface area contributed by atoms with Crippen LogP contribution in [0.3, 0.4) is 0 Å². The fourth-order valence-corrected chi connectivity index (χ4v) is 3.62. The van der Waals surface area contributed by atoms with Gasteiger partial charge in [-0.3, -0.25) is 9.59 Å². The van der Waals surface area contributed by atoms with Gasteiger partial charge in [-0.2, -0.15) is 0 Å². The highest BCUT2D eigenvalue weighted by molar-refractivity contribution is 5.90. The van der Waals surface area contributed by atoms with Crippen molar-refractivity contribution in [1.29, 1.82) is 0 Å². The summed E-state index contributed by atoms with van der Waals surface area (Å²) in [6.07, 6.45) is 9.54. The van der Waals surface area contributed by atoms with E-state index in [-0.39, 0.29) is 12.0 Å². The lowest BCUT2D eigenvalue weighted by atomic mass is 9.80. The molecule has 0 aromatic heterocycles. The lowest BCUT2D eigenvalue weighted by Crippen LogP contribution is -2.30. The van der Waals surface area contributed by atoms with Crippen LogP contribution in [0.25, 0.3) is 0 Å². The molecule has 0 bridgehead atoms. The average molecular weight is 414 g/mol. The van der Waals surface area contributed by atoms with E-state index in [9.17, 15) is 14.4 Å². The third kappa shape index (κ3) is 6.31. The number of carbonyl (C=O) groups excluding carboxylic acids is 1. The molecule has 0 saturated carbocycles. The molecule has 1 fully saturated rings. The molecule has 0 radical (unpaired) electrons. The van der Waals surface area contributed by atoms with Crippen LogP contribution < -0.4 is 4.90 Å². The summed E-state index contributed by atoms with van der Waals surface area (Å²) in [5.41, 5.74) is 1.52. The molecule has 1 aliphatic carbocycles. The summed E-state index contributed by atoms with van der Waals surface area (Å²) in [4.78, 5) is 35.4. The number of allylic oxidation sites excluding steroid dienone is 2. The summed E-state index contributed by atoms with van der Waals surface area (Å²) >= 11 is 0. The number of carboxylic acids is 2. The first-order chi connectivity index (χ1) is 14.3. The number of aliphatic carboxylic acids is 2. The second-order valence-electron chi connectivity index (χ2n) is 8.00. The van der Waals surface area contributed by atoms with Crippen LogP contribution in [0.15, 0.2) is 48.1 Å². The zero-order valence-corrected chi connectivity index (χ0v) is 17.8. The molecule has 6 heteroatoms. The fraction of sp³-hybridized carbons (Fsp3) is 0.458. The molecule has 1 atom stereocenters. The van der Waals surface area contributed by atoms with Crippen LogP contribution in [0.1, 0.15) is 51.5 Å². The van der Waals surface area contributed by atoms with E-state index in [1.165, 1.54) is 55.7 Å². The summed E-state index contributed by atoms with van der Waals surface area (Å²) < 4.78 is 0. The summed E-state index contributed by atoms with van der Waals surface area (Å²) in [6, 6.07) is 8.36. The number of rotatable bonds is 6. The molecule has 1 aromatic carbocycles. The summed E-state index contributed by atoms with van der Waals surface area (Å²) in [6.45, 7) is 5.71. The van der Waals surface area contributed by atoms with Crippen molar-refractivity contribution in [2.45, 2.75) is 52.4 Å². The number of anilines is 1. The van der Waals surface area contributed by atoms with Gasteiger partial charge in [-0.05, 0) is 44.2 Å². The number of Topliss-reactive ketones (excluding diaryl/α,β-unsaturated/α-hetero) is 1. The monoisotopic (exact) mass is 413 g/mol. The normalized spacial score (nSPS) is 20.6. The number of hydrogen-bond donors (Lipinski definition) is 2. The lowest BCUT2D eigenvalue weighted by Gasteiger charge is -2.30. The first kappa shape index (κ1) is 23.4. The largest absolute Gasteiger partial charge is 0.481 e. The van der Waals surface area contributed by atoms with Crippen LogP contribution in [0.2, 0.25) is 0 Å². The highest BCUT2D eigenvalue weighted by Gasteiger charge is 2.34. The molecule has 2 N–H and O–H groups in total. The van der Waals surface area contributed by atoms with Crippen molar-refractivity contribution in [3.05, 3.63) is 53.6 Å². The predicted octanol–water partition coefficient (Wildman–Crippen LogP) is 4.25. The van der Waals surface area contributed by atoms with Crippen LogP contribution in [0.4, 0.5) is 5.69 Å². The van der Waals surface area contributed by atoms with Gasteiger partial charge in [0.1, 0.15) is 5.78 Å². The fourth-order valence-electron chi connectivity index (χ4n) is 3.62. The quantitative estimate of drug-likeness (QED) is 0.724. The second kappa shape index (κ2) is 10.8. The summed E-state index contributed by atoms with van der Waals surface area (Å²) in [5, 5.41) is 17.5. The second-order valence-corrected chi connectivity index (χ2v) is 8.00. The van der Waals surface area contributed by atoms with Crippen LogP contribution in [0.5, 0.6) is 0 Å². The lowest BCUT2D eigenvalue weighted by molar-refractivity contribution is -0.145. The molecule has 30 heavy (non-hydrogen) atoms. The standard InChI is InChI=1S/C15H21NO.C9H10O4/c1-2-14(17)12-13-8-4-5-9-15(13)16-10-6-3-7-11-16;1-9(8(12)13)4-2-3-6(5-9)7(10)11/h4-5,8-9H,2-3,6-7,10-12H2,1H3;2-4H,5H2,1H3,(H,10,11)(H,12,13). The van der Waals surface area contributed by atoms with Crippen molar-refractivity contribution in [3.8, 4) is 0 Å². The number of ketones is 1. The average Bonchev–Trinajstić information content (AvgIpc) is 2.75. The number of nitrogens with zero attached hydrogens (tertiary/aromatic N) is 1. The Morgan fingerprint density at radius 2 is 1.73 bits per heavy atom. The van der Waals surface area contributed by atoms with E-state index < -0.39 is 17.4 Å². The summed E-state index contributed by atoms with van der Waals surface area (Å²) in [7, 11) is 0. The minimum Gasteiger partial charge on any atom is -0.481 e. The van der Waals surface area contributed by atoms with Crippen molar-refractivity contribution in [2.75, 3.05) is 18.0 Å². The molecule has 162 valence electrons. The highest BCUT2D eigenvalue weighted by Crippen LogP contribution is 2.31. The molecular formula is C24H31NO5. The minimum atomic E-state index is -1.08. The molecule has 1 heterocycles. The number of piperidine rings is 1. The molecule has 6 nitrogen and oxygen atoms in total. The van der Waals surface area contributed by atoms with Gasteiger partial charge in [-0.1, -0.05) is 43.4 Å². The Balaban J connectivity index is 0.000000222. The Labute approximate surface area is 177 Å². The van der Waals surface area contributed by atoms with Gasteiger partial charge in [-0.25, -0.2) is 4.79 Å². The Bertz CT molecular complexity index is 836. The van der Waals surface area contributed by atoms with Crippen molar-refractivity contribution >= 4 is 23.4 Å². The molecule has 0 spiro atoms. The van der Waals surface area contributed by atoms with E-state index in [2.05, 4.69) is 23.1 Å². The van der Waals surface area contributed by atoms with Gasteiger partial charge in [-0.15, -0.1) is 0 Å². The van der Waals surface area contributed by atoms with E-state index in [4.69, 9.17) is 10.2 Å². The third-order valence-electron chi connectivity index (χ3n) is 5.55. The molecule has 1 saturated heterocycles. The van der Waals surface area contributed by atoms with Crippen LogP contribution in [0, 0.1) is 5.41 Å². The Kier molecular flexibility index (Phi) is 8.39. The van der Waals surface area contributed by atoms with E-state index in [1.807, 2.05) is 13.0 Å². The smallest absolute Gasteiger partial charge is 0.331 e. The maximum Gasteiger partial charge on any atom is 0.331 e. The van der Waals surface area contributed by atoms with Crippen molar-refractivity contribution < 1.29 is 24.6 Å².